The number of carbonyl (C=O) groups excluding carboxylic acids is 1. The Morgan fingerprint density at radius 1 is 1.12 bits per heavy atom. The minimum atomic E-state index is -1.65. The van der Waals surface area contributed by atoms with Gasteiger partial charge in [0.1, 0.15) is 5.92 Å². The summed E-state index contributed by atoms with van der Waals surface area (Å²) in [6, 6.07) is 14.7. The third-order valence-electron chi connectivity index (χ3n) is 3.76. The van der Waals surface area contributed by atoms with E-state index in [1.807, 2.05) is 12.1 Å². The van der Waals surface area contributed by atoms with Gasteiger partial charge in [-0.15, -0.1) is 0 Å². The van der Waals surface area contributed by atoms with E-state index in [0.29, 0.717) is 16.7 Å². The Morgan fingerprint density at radius 2 is 1.71 bits per heavy atom. The SMILES string of the molecule is COC(=O)/C(C)=C\C=C(/C)C(C#N)(C#N)C(C#N)c1ccccc1. The quantitative estimate of drug-likeness (QED) is 0.470. The molecule has 0 spiro atoms. The van der Waals surface area contributed by atoms with Crippen LogP contribution in [-0.2, 0) is 9.53 Å². The van der Waals surface area contributed by atoms with Crippen LogP contribution in [0, 0.1) is 39.4 Å². The Morgan fingerprint density at radius 3 is 2.17 bits per heavy atom. The van der Waals surface area contributed by atoms with Crippen LogP contribution in [-0.4, -0.2) is 13.1 Å². The molecule has 0 N–H and O–H groups in total. The van der Waals surface area contributed by atoms with E-state index in [-0.39, 0.29) is 0 Å². The Bertz CT molecular complexity index is 773. The summed E-state index contributed by atoms with van der Waals surface area (Å²) in [5.41, 5.74) is -0.353. The van der Waals surface area contributed by atoms with Crippen molar-refractivity contribution in [2.45, 2.75) is 19.8 Å². The van der Waals surface area contributed by atoms with E-state index in [1.165, 1.54) is 19.3 Å². The smallest absolute Gasteiger partial charge is 0.333 e. The molecule has 5 nitrogen and oxygen atoms in total. The molecule has 1 atom stereocenters. The fourth-order valence-electron chi connectivity index (χ4n) is 2.24. The van der Waals surface area contributed by atoms with E-state index in [0.717, 1.165) is 0 Å². The van der Waals surface area contributed by atoms with Crippen molar-refractivity contribution in [3.05, 3.63) is 59.2 Å². The Kier molecular flexibility index (Phi) is 6.48. The van der Waals surface area contributed by atoms with Crippen LogP contribution in [0.5, 0.6) is 0 Å². The molecule has 0 aliphatic heterocycles. The molecule has 0 aliphatic carbocycles. The summed E-state index contributed by atoms with van der Waals surface area (Å²) in [6.07, 6.45) is 2.98. The van der Waals surface area contributed by atoms with Crippen molar-refractivity contribution < 1.29 is 9.53 Å². The van der Waals surface area contributed by atoms with Gasteiger partial charge in [-0.1, -0.05) is 42.5 Å². The highest BCUT2D eigenvalue weighted by Crippen LogP contribution is 2.41. The minimum Gasteiger partial charge on any atom is -0.466 e. The number of ether oxygens (including phenoxy) is 1. The number of hydrogen-bond acceptors (Lipinski definition) is 5. The average molecular weight is 319 g/mol. The Balaban J connectivity index is 3.40. The fraction of sp³-hybridized carbons (Fsp3) is 0.263. The number of benzene rings is 1. The molecule has 1 aromatic rings. The first kappa shape index (κ1) is 18.7. The summed E-state index contributed by atoms with van der Waals surface area (Å²) in [7, 11) is 1.27. The van der Waals surface area contributed by atoms with Gasteiger partial charge in [0.2, 0.25) is 0 Å². The number of methoxy groups -OCH3 is 1. The van der Waals surface area contributed by atoms with Gasteiger partial charge in [0.15, 0.2) is 5.41 Å². The highest BCUT2D eigenvalue weighted by Gasteiger charge is 2.42. The van der Waals surface area contributed by atoms with E-state index in [2.05, 4.69) is 10.8 Å². The standard InChI is InChI=1S/C19H17N3O2/c1-14(18(23)24-3)9-10-15(2)19(12-21,13-22)17(11-20)16-7-5-4-6-8-16/h4-10,17H,1-3H3/b14-9-,15-10+. The van der Waals surface area contributed by atoms with Crippen molar-refractivity contribution in [1.29, 1.82) is 15.8 Å². The van der Waals surface area contributed by atoms with Crippen LogP contribution in [0.1, 0.15) is 25.3 Å². The third kappa shape index (κ3) is 3.69. The van der Waals surface area contributed by atoms with Gasteiger partial charge >= 0.3 is 5.97 Å². The molecule has 1 rings (SSSR count). The summed E-state index contributed by atoms with van der Waals surface area (Å²) >= 11 is 0. The molecule has 0 aromatic heterocycles. The second-order valence-electron chi connectivity index (χ2n) is 5.20. The predicted octanol–water partition coefficient (Wildman–Crippen LogP) is 3.39. The van der Waals surface area contributed by atoms with Gasteiger partial charge in [-0.3, -0.25) is 0 Å². The van der Waals surface area contributed by atoms with Crippen molar-refractivity contribution >= 4 is 5.97 Å². The zero-order valence-corrected chi connectivity index (χ0v) is 13.8. The van der Waals surface area contributed by atoms with Gasteiger partial charge in [-0.05, 0) is 25.0 Å². The number of carbonyl (C=O) groups is 1. The number of hydrogen-bond donors (Lipinski definition) is 0. The normalized spacial score (nSPS) is 13.2. The van der Waals surface area contributed by atoms with Crippen LogP contribution < -0.4 is 0 Å². The van der Waals surface area contributed by atoms with Crippen LogP contribution >= 0.6 is 0 Å². The van der Waals surface area contributed by atoms with Crippen molar-refractivity contribution in [3.8, 4) is 18.2 Å². The van der Waals surface area contributed by atoms with Crippen molar-refractivity contribution in [2.75, 3.05) is 7.11 Å². The lowest BCUT2D eigenvalue weighted by atomic mass is 9.70. The number of esters is 1. The van der Waals surface area contributed by atoms with Crippen LogP contribution in [0.2, 0.25) is 0 Å². The van der Waals surface area contributed by atoms with Gasteiger partial charge in [0, 0.05) is 5.57 Å². The number of nitrogens with zero attached hydrogens (tertiary/aromatic N) is 3. The lowest BCUT2D eigenvalue weighted by Gasteiger charge is -2.25. The van der Waals surface area contributed by atoms with Gasteiger partial charge in [0.05, 0.1) is 25.3 Å². The fourth-order valence-corrected chi connectivity index (χ4v) is 2.24. The highest BCUT2D eigenvalue weighted by molar-refractivity contribution is 5.88. The summed E-state index contributed by atoms with van der Waals surface area (Å²) in [5, 5.41) is 28.9. The van der Waals surface area contributed by atoms with Gasteiger partial charge in [0.25, 0.3) is 0 Å². The Hall–Kier alpha value is -3.36. The van der Waals surface area contributed by atoms with Crippen LogP contribution in [0.4, 0.5) is 0 Å². The van der Waals surface area contributed by atoms with Gasteiger partial charge in [-0.2, -0.15) is 15.8 Å². The number of rotatable bonds is 5. The monoisotopic (exact) mass is 319 g/mol. The molecule has 1 aromatic carbocycles. The summed E-state index contributed by atoms with van der Waals surface area (Å²) < 4.78 is 4.60. The molecule has 0 bridgehead atoms. The predicted molar refractivity (Wildman–Crippen MR) is 88.0 cm³/mol. The van der Waals surface area contributed by atoms with E-state index in [1.54, 1.807) is 44.2 Å². The van der Waals surface area contributed by atoms with E-state index in [9.17, 15) is 20.6 Å². The first-order valence-electron chi connectivity index (χ1n) is 7.17. The van der Waals surface area contributed by atoms with Crippen LogP contribution in [0.3, 0.4) is 0 Å². The molecule has 0 heterocycles. The summed E-state index contributed by atoms with van der Waals surface area (Å²) in [5.74, 6) is -1.45. The number of nitriles is 3. The second kappa shape index (κ2) is 8.32. The van der Waals surface area contributed by atoms with Crippen LogP contribution in [0.15, 0.2) is 53.6 Å². The highest BCUT2D eigenvalue weighted by atomic mass is 16.5. The maximum absolute atomic E-state index is 11.4. The van der Waals surface area contributed by atoms with Gasteiger partial charge < -0.3 is 4.74 Å². The molecule has 0 fully saturated rings. The van der Waals surface area contributed by atoms with E-state index >= 15 is 0 Å². The van der Waals surface area contributed by atoms with Crippen molar-refractivity contribution in [1.82, 2.24) is 0 Å². The molecular weight excluding hydrogens is 302 g/mol. The lowest BCUT2D eigenvalue weighted by molar-refractivity contribution is -0.136. The Labute approximate surface area is 141 Å². The molecule has 0 aliphatic rings. The maximum atomic E-state index is 11.4. The van der Waals surface area contributed by atoms with E-state index < -0.39 is 17.3 Å². The molecule has 0 saturated heterocycles. The maximum Gasteiger partial charge on any atom is 0.333 e. The molecule has 120 valence electrons. The first-order valence-corrected chi connectivity index (χ1v) is 7.17. The average Bonchev–Trinajstić information content (AvgIpc) is 2.63. The summed E-state index contributed by atoms with van der Waals surface area (Å²) in [6.45, 7) is 3.16. The van der Waals surface area contributed by atoms with Crippen molar-refractivity contribution in [3.63, 3.8) is 0 Å². The molecule has 0 radical (unpaired) electrons. The molecule has 5 heteroatoms. The lowest BCUT2D eigenvalue weighted by Crippen LogP contribution is -2.26. The van der Waals surface area contributed by atoms with E-state index in [4.69, 9.17) is 0 Å². The second-order valence-corrected chi connectivity index (χ2v) is 5.20. The molecule has 0 amide bonds. The third-order valence-corrected chi connectivity index (χ3v) is 3.76. The first-order chi connectivity index (χ1) is 11.5. The zero-order valence-electron chi connectivity index (χ0n) is 13.8. The summed E-state index contributed by atoms with van der Waals surface area (Å²) in [4.78, 5) is 11.4. The molecule has 0 saturated carbocycles. The number of allylic oxidation sites excluding steroid dienone is 3. The molecule has 1 unspecified atom stereocenters. The van der Waals surface area contributed by atoms with Crippen molar-refractivity contribution in [2.24, 2.45) is 5.41 Å². The minimum absolute atomic E-state index is 0.329. The molecule has 24 heavy (non-hydrogen) atoms. The van der Waals surface area contributed by atoms with Crippen LogP contribution in [0.25, 0.3) is 0 Å². The van der Waals surface area contributed by atoms with Gasteiger partial charge in [-0.25, -0.2) is 4.79 Å². The topological polar surface area (TPSA) is 97.7 Å². The molecular formula is C19H17N3O2. The zero-order chi connectivity index (χ0) is 18.2. The largest absolute Gasteiger partial charge is 0.466 e.